The van der Waals surface area contributed by atoms with Gasteiger partial charge in [0.15, 0.2) is 0 Å². The minimum Gasteiger partial charge on any atom is -0.282 e. The van der Waals surface area contributed by atoms with Crippen LogP contribution < -0.4 is 0 Å². The molecule has 62 valence electrons. The van der Waals surface area contributed by atoms with Gasteiger partial charge in [-0.05, 0) is 24.8 Å². The number of hydrogen-bond donors (Lipinski definition) is 1. The number of nitrogens with zero attached hydrogens (tertiary/aromatic N) is 1. The van der Waals surface area contributed by atoms with Crippen molar-refractivity contribution in [2.45, 2.75) is 15.9 Å². The molecule has 0 aliphatic heterocycles. The summed E-state index contributed by atoms with van der Waals surface area (Å²) in [5.74, 6) is 0. The van der Waals surface area contributed by atoms with Crippen LogP contribution >= 0.6 is 35.0 Å². The van der Waals surface area contributed by atoms with E-state index < -0.39 is 3.92 Å². The third-order valence-electron chi connectivity index (χ3n) is 0.903. The van der Waals surface area contributed by atoms with Gasteiger partial charge in [0.1, 0.15) is 5.03 Å². The minimum atomic E-state index is -2.30. The second-order valence-corrected chi connectivity index (χ2v) is 4.81. The third-order valence-corrected chi connectivity index (χ3v) is 2.02. The predicted molar refractivity (Wildman–Crippen MR) is 44.7 cm³/mol. The van der Waals surface area contributed by atoms with Crippen molar-refractivity contribution in [3.05, 3.63) is 11.8 Å². The van der Waals surface area contributed by atoms with Crippen molar-refractivity contribution in [1.82, 2.24) is 10.2 Å². The topological polar surface area (TPSA) is 28.7 Å². The van der Waals surface area contributed by atoms with Gasteiger partial charge >= 0.3 is 3.92 Å². The summed E-state index contributed by atoms with van der Waals surface area (Å²) in [6.07, 6.45) is 0. The fourth-order valence-corrected chi connectivity index (χ4v) is 1.60. The van der Waals surface area contributed by atoms with Crippen molar-refractivity contribution in [2.24, 2.45) is 0 Å². The van der Waals surface area contributed by atoms with Gasteiger partial charge in [-0.2, -0.15) is 9.49 Å². The molecule has 0 spiro atoms. The van der Waals surface area contributed by atoms with E-state index in [0.29, 0.717) is 16.8 Å². The number of alkyl halides is 3. The van der Waals surface area contributed by atoms with Crippen LogP contribution in [0.25, 0.3) is 0 Å². The van der Waals surface area contributed by atoms with Gasteiger partial charge in [-0.25, -0.2) is 0 Å². The Kier molecular flexibility index (Phi) is 2.67. The first kappa shape index (κ1) is 9.16. The minimum absolute atomic E-state index is 0.440. The van der Waals surface area contributed by atoms with Gasteiger partial charge in [-0.1, -0.05) is 23.2 Å². The predicted octanol–water partition coefficient (Wildman–Crippen LogP) is 2.87. The fourth-order valence-electron chi connectivity index (χ4n) is 0.564. The van der Waals surface area contributed by atoms with E-state index in [2.05, 4.69) is 10.2 Å². The average molecular weight is 215 g/mol. The number of aryl methyl sites for hydroxylation is 1. The van der Waals surface area contributed by atoms with Crippen LogP contribution in [0.3, 0.4) is 0 Å². The summed E-state index contributed by atoms with van der Waals surface area (Å²) >= 11 is 10.8. The average Bonchev–Trinajstić information content (AvgIpc) is 2.10. The highest BCUT2D eigenvalue weighted by atomic mass is 35.5. The van der Waals surface area contributed by atoms with E-state index in [-0.39, 0.29) is 0 Å². The molecule has 1 rings (SSSR count). The summed E-state index contributed by atoms with van der Waals surface area (Å²) in [5.41, 5.74) is 0.838. The molecule has 6 heteroatoms. The maximum absolute atomic E-state index is 12.5. The summed E-state index contributed by atoms with van der Waals surface area (Å²) in [6, 6.07) is 1.66. The Bertz CT molecular complexity index is 245. The molecule has 11 heavy (non-hydrogen) atoms. The highest BCUT2D eigenvalue weighted by molar-refractivity contribution is 8.03. The van der Waals surface area contributed by atoms with Gasteiger partial charge in [0, 0.05) is 5.69 Å². The number of halogens is 3. The maximum atomic E-state index is 12.5. The zero-order valence-corrected chi connectivity index (χ0v) is 7.90. The van der Waals surface area contributed by atoms with Crippen molar-refractivity contribution in [2.75, 3.05) is 0 Å². The van der Waals surface area contributed by atoms with Crippen molar-refractivity contribution in [1.29, 1.82) is 0 Å². The molecule has 0 fully saturated rings. The Balaban J connectivity index is 2.65. The second kappa shape index (κ2) is 3.21. The van der Waals surface area contributed by atoms with E-state index in [9.17, 15) is 4.39 Å². The molecule has 1 heterocycles. The summed E-state index contributed by atoms with van der Waals surface area (Å²) in [5, 5.41) is 6.81. The van der Waals surface area contributed by atoms with Crippen LogP contribution in [0.5, 0.6) is 0 Å². The fraction of sp³-hybridized carbons (Fsp3) is 0.400. The molecule has 0 aliphatic carbocycles. The van der Waals surface area contributed by atoms with Gasteiger partial charge in [0.25, 0.3) is 0 Å². The third kappa shape index (κ3) is 3.31. The SMILES string of the molecule is Cc1cc(SC(F)(Cl)Cl)n[nH]1. The zero-order chi connectivity index (χ0) is 8.48. The van der Waals surface area contributed by atoms with Crippen molar-refractivity contribution >= 4 is 35.0 Å². The molecule has 1 aromatic heterocycles. The van der Waals surface area contributed by atoms with Crippen LogP contribution in [0.1, 0.15) is 5.69 Å². The second-order valence-electron chi connectivity index (χ2n) is 1.94. The molecule has 0 bridgehead atoms. The smallest absolute Gasteiger partial charge is 0.282 e. The zero-order valence-electron chi connectivity index (χ0n) is 5.57. The summed E-state index contributed by atoms with van der Waals surface area (Å²) in [7, 11) is 0. The van der Waals surface area contributed by atoms with Gasteiger partial charge in [0.05, 0.1) is 0 Å². The normalized spacial score (nSPS) is 12.0. The molecule has 0 saturated heterocycles. The number of hydrogen-bond acceptors (Lipinski definition) is 2. The lowest BCUT2D eigenvalue weighted by Gasteiger charge is -2.03. The van der Waals surface area contributed by atoms with E-state index in [1.165, 1.54) is 0 Å². The van der Waals surface area contributed by atoms with Crippen LogP contribution in [0.4, 0.5) is 4.39 Å². The Hall–Kier alpha value is 0.0700. The standard InChI is InChI=1S/C5H5Cl2FN2S/c1-3-2-4(10-9-3)11-5(6,7)8/h2H,1H3,(H,9,10). The molecule has 2 nitrogen and oxygen atoms in total. The quantitative estimate of drug-likeness (QED) is 0.606. The molecule has 0 radical (unpaired) electrons. The molecular weight excluding hydrogens is 210 g/mol. The summed E-state index contributed by atoms with van der Waals surface area (Å²) in [4.78, 5) is 0. The van der Waals surface area contributed by atoms with Crippen molar-refractivity contribution in [3.8, 4) is 0 Å². The number of aromatic amines is 1. The molecule has 1 N–H and O–H groups in total. The summed E-state index contributed by atoms with van der Waals surface area (Å²) in [6.45, 7) is 1.80. The maximum Gasteiger partial charge on any atom is 0.310 e. The highest BCUT2D eigenvalue weighted by Gasteiger charge is 2.24. The number of thioether (sulfide) groups is 1. The van der Waals surface area contributed by atoms with E-state index in [1.54, 1.807) is 13.0 Å². The summed E-state index contributed by atoms with van der Waals surface area (Å²) < 4.78 is 10.2. The van der Waals surface area contributed by atoms with E-state index in [1.807, 2.05) is 0 Å². The Morgan fingerprint density at radius 2 is 2.36 bits per heavy atom. The van der Waals surface area contributed by atoms with Gasteiger partial charge in [-0.3, -0.25) is 5.10 Å². The Labute approximate surface area is 77.5 Å². The van der Waals surface area contributed by atoms with Crippen molar-refractivity contribution < 1.29 is 4.39 Å². The van der Waals surface area contributed by atoms with E-state index >= 15 is 0 Å². The molecule has 1 aromatic rings. The lowest BCUT2D eigenvalue weighted by atomic mass is 10.5. The van der Waals surface area contributed by atoms with Gasteiger partial charge in [0.2, 0.25) is 0 Å². The van der Waals surface area contributed by atoms with Crippen LogP contribution in [0.2, 0.25) is 0 Å². The van der Waals surface area contributed by atoms with E-state index in [4.69, 9.17) is 23.2 Å². The van der Waals surface area contributed by atoms with Crippen LogP contribution in [-0.2, 0) is 0 Å². The van der Waals surface area contributed by atoms with Crippen LogP contribution in [-0.4, -0.2) is 14.1 Å². The first-order valence-corrected chi connectivity index (χ1v) is 4.32. The largest absolute Gasteiger partial charge is 0.310 e. The first-order valence-electron chi connectivity index (χ1n) is 2.75. The monoisotopic (exact) mass is 214 g/mol. The van der Waals surface area contributed by atoms with Gasteiger partial charge < -0.3 is 0 Å². The number of aromatic nitrogens is 2. The molecule has 0 aliphatic rings. The molecular formula is C5H5Cl2FN2S. The van der Waals surface area contributed by atoms with E-state index in [0.717, 1.165) is 5.69 Å². The Morgan fingerprint density at radius 1 is 1.73 bits per heavy atom. The first-order chi connectivity index (χ1) is 4.97. The molecule has 0 saturated carbocycles. The lowest BCUT2D eigenvalue weighted by molar-refractivity contribution is 0.515. The van der Waals surface area contributed by atoms with Crippen LogP contribution in [0, 0.1) is 6.92 Å². The van der Waals surface area contributed by atoms with Gasteiger partial charge in [-0.15, -0.1) is 0 Å². The molecule has 0 amide bonds. The highest BCUT2D eigenvalue weighted by Crippen LogP contribution is 2.40. The molecule has 0 atom stereocenters. The number of rotatable bonds is 2. The number of nitrogens with one attached hydrogen (secondary N) is 1. The molecule has 0 unspecified atom stereocenters. The Morgan fingerprint density at radius 3 is 2.73 bits per heavy atom. The van der Waals surface area contributed by atoms with Crippen molar-refractivity contribution in [3.63, 3.8) is 0 Å². The van der Waals surface area contributed by atoms with Crippen LogP contribution in [0.15, 0.2) is 11.1 Å². The molecule has 0 aromatic carbocycles. The lowest BCUT2D eigenvalue weighted by Crippen LogP contribution is -1.94. The number of H-pyrrole nitrogens is 1.